The summed E-state index contributed by atoms with van der Waals surface area (Å²) in [6.07, 6.45) is 0. The van der Waals surface area contributed by atoms with Crippen LogP contribution in [0.3, 0.4) is 0 Å². The van der Waals surface area contributed by atoms with Crippen molar-refractivity contribution >= 4 is 23.2 Å². The van der Waals surface area contributed by atoms with E-state index in [9.17, 15) is 4.79 Å². The molecule has 0 N–H and O–H groups in total. The minimum absolute atomic E-state index is 0.154. The first-order valence-electron chi connectivity index (χ1n) is 6.20. The second kappa shape index (κ2) is 5.25. The maximum Gasteiger partial charge on any atom is 0.252 e. The maximum atomic E-state index is 12.1. The Morgan fingerprint density at radius 3 is 2.50 bits per heavy atom. The van der Waals surface area contributed by atoms with Crippen molar-refractivity contribution in [1.82, 2.24) is 10.1 Å². The molecule has 2 aromatic rings. The Balaban J connectivity index is 2.54. The van der Waals surface area contributed by atoms with Crippen molar-refractivity contribution < 1.29 is 9.32 Å². The van der Waals surface area contributed by atoms with Gasteiger partial charge in [0.15, 0.2) is 5.82 Å². The first kappa shape index (κ1) is 14.5. The van der Waals surface area contributed by atoms with E-state index in [4.69, 9.17) is 16.1 Å². The zero-order valence-electron chi connectivity index (χ0n) is 11.8. The number of hydrogen-bond donors (Lipinski definition) is 0. The molecule has 0 atom stereocenters. The van der Waals surface area contributed by atoms with Crippen LogP contribution in [0.25, 0.3) is 0 Å². The summed E-state index contributed by atoms with van der Waals surface area (Å²) in [6, 6.07) is 7.16. The Kier molecular flexibility index (Phi) is 3.81. The summed E-state index contributed by atoms with van der Waals surface area (Å²) in [5.41, 5.74) is -0.180. The van der Waals surface area contributed by atoms with E-state index in [2.05, 4.69) is 10.1 Å². The van der Waals surface area contributed by atoms with Gasteiger partial charge in [-0.05, 0) is 32.9 Å². The molecule has 0 unspecified atom stereocenters. The first-order chi connectivity index (χ1) is 9.34. The van der Waals surface area contributed by atoms with Gasteiger partial charge in [-0.15, -0.1) is 0 Å². The van der Waals surface area contributed by atoms with Crippen LogP contribution in [0.5, 0.6) is 0 Å². The fourth-order valence-corrected chi connectivity index (χ4v) is 2.36. The summed E-state index contributed by atoms with van der Waals surface area (Å²) in [6.45, 7) is 6.89. The zero-order valence-corrected chi connectivity index (χ0v) is 12.6. The lowest BCUT2D eigenvalue weighted by Gasteiger charge is -2.35. The van der Waals surface area contributed by atoms with Crippen LogP contribution < -0.4 is 4.90 Å². The van der Waals surface area contributed by atoms with Crippen LogP contribution in [-0.4, -0.2) is 16.0 Å². The molecule has 0 bridgehead atoms. The van der Waals surface area contributed by atoms with Gasteiger partial charge >= 0.3 is 0 Å². The number of rotatable bonds is 3. The average Bonchev–Trinajstić information content (AvgIpc) is 2.79. The van der Waals surface area contributed by atoms with Gasteiger partial charge in [0.2, 0.25) is 5.91 Å². The third-order valence-corrected chi connectivity index (χ3v) is 3.34. The summed E-state index contributed by atoms with van der Waals surface area (Å²) >= 11 is 6.20. The van der Waals surface area contributed by atoms with E-state index in [0.717, 1.165) is 0 Å². The summed E-state index contributed by atoms with van der Waals surface area (Å²) in [5, 5.41) is 4.28. The Bertz CT molecular complexity index is 637. The molecule has 0 spiro atoms. The van der Waals surface area contributed by atoms with E-state index in [0.29, 0.717) is 22.4 Å². The normalized spacial score (nSPS) is 11.4. The van der Waals surface area contributed by atoms with Crippen molar-refractivity contribution in [3.8, 4) is 0 Å². The first-order valence-corrected chi connectivity index (χ1v) is 6.58. The predicted molar refractivity (Wildman–Crippen MR) is 76.7 cm³/mol. The van der Waals surface area contributed by atoms with Crippen LogP contribution >= 0.6 is 11.6 Å². The standard InChI is InChI=1S/C14H16ClN3O2/c1-9-16-13(20-17-9)14(3,4)18(10(2)19)12-8-6-5-7-11(12)15/h5-8H,1-4H3. The molecule has 1 aromatic carbocycles. The van der Waals surface area contributed by atoms with Crippen LogP contribution in [0.2, 0.25) is 5.02 Å². The van der Waals surface area contributed by atoms with Crippen molar-refractivity contribution in [3.63, 3.8) is 0 Å². The topological polar surface area (TPSA) is 59.2 Å². The van der Waals surface area contributed by atoms with Crippen LogP contribution in [0, 0.1) is 6.92 Å². The number of para-hydroxylation sites is 1. The van der Waals surface area contributed by atoms with Crippen LogP contribution in [0.1, 0.15) is 32.5 Å². The maximum absolute atomic E-state index is 12.1. The van der Waals surface area contributed by atoms with Crippen LogP contribution in [-0.2, 0) is 10.3 Å². The van der Waals surface area contributed by atoms with Crippen molar-refractivity contribution in [1.29, 1.82) is 0 Å². The number of benzene rings is 1. The summed E-state index contributed by atoms with van der Waals surface area (Å²) in [5.74, 6) is 0.736. The van der Waals surface area contributed by atoms with E-state index in [-0.39, 0.29) is 5.91 Å². The molecule has 0 fully saturated rings. The second-order valence-corrected chi connectivity index (χ2v) is 5.42. The van der Waals surface area contributed by atoms with Crippen molar-refractivity contribution in [3.05, 3.63) is 41.0 Å². The molecule has 0 saturated carbocycles. The number of nitrogens with zero attached hydrogens (tertiary/aromatic N) is 3. The monoisotopic (exact) mass is 293 g/mol. The Labute approximate surface area is 122 Å². The number of aryl methyl sites for hydroxylation is 1. The van der Waals surface area contributed by atoms with Gasteiger partial charge in [0, 0.05) is 6.92 Å². The lowest BCUT2D eigenvalue weighted by Crippen LogP contribution is -2.45. The highest BCUT2D eigenvalue weighted by atomic mass is 35.5. The van der Waals surface area contributed by atoms with Crippen LogP contribution in [0.4, 0.5) is 5.69 Å². The second-order valence-electron chi connectivity index (χ2n) is 5.01. The van der Waals surface area contributed by atoms with Gasteiger partial charge in [0.25, 0.3) is 5.89 Å². The number of aromatic nitrogens is 2. The summed E-state index contributed by atoms with van der Waals surface area (Å²) < 4.78 is 5.22. The zero-order chi connectivity index (χ0) is 14.9. The smallest absolute Gasteiger partial charge is 0.252 e. The van der Waals surface area contributed by atoms with Crippen molar-refractivity contribution in [2.24, 2.45) is 0 Å². The van der Waals surface area contributed by atoms with E-state index in [1.807, 2.05) is 26.0 Å². The van der Waals surface area contributed by atoms with E-state index in [1.165, 1.54) is 6.92 Å². The highest BCUT2D eigenvalue weighted by Crippen LogP contribution is 2.35. The van der Waals surface area contributed by atoms with Gasteiger partial charge in [0.05, 0.1) is 10.7 Å². The minimum atomic E-state index is -0.794. The fourth-order valence-electron chi connectivity index (χ4n) is 2.14. The molecule has 0 radical (unpaired) electrons. The summed E-state index contributed by atoms with van der Waals surface area (Å²) in [4.78, 5) is 17.9. The Morgan fingerprint density at radius 1 is 1.35 bits per heavy atom. The Hall–Kier alpha value is -1.88. The highest BCUT2D eigenvalue weighted by molar-refractivity contribution is 6.33. The largest absolute Gasteiger partial charge is 0.337 e. The van der Waals surface area contributed by atoms with E-state index in [1.54, 1.807) is 24.0 Å². The van der Waals surface area contributed by atoms with Gasteiger partial charge in [-0.1, -0.05) is 28.9 Å². The highest BCUT2D eigenvalue weighted by Gasteiger charge is 2.38. The molecule has 20 heavy (non-hydrogen) atoms. The van der Waals surface area contributed by atoms with Gasteiger partial charge in [-0.2, -0.15) is 4.98 Å². The molecule has 1 aromatic heterocycles. The number of halogens is 1. The number of anilines is 1. The minimum Gasteiger partial charge on any atom is -0.337 e. The molecule has 0 aliphatic rings. The molecule has 0 aliphatic carbocycles. The number of carbonyl (C=O) groups is 1. The summed E-state index contributed by atoms with van der Waals surface area (Å²) in [7, 11) is 0. The molecule has 6 heteroatoms. The lowest BCUT2D eigenvalue weighted by molar-refractivity contribution is -0.117. The molecular weight excluding hydrogens is 278 g/mol. The van der Waals surface area contributed by atoms with Gasteiger partial charge in [0.1, 0.15) is 5.54 Å². The predicted octanol–water partition coefficient (Wildman–Crippen LogP) is 3.32. The molecule has 1 amide bonds. The Morgan fingerprint density at radius 2 is 2.00 bits per heavy atom. The molecule has 106 valence electrons. The molecule has 5 nitrogen and oxygen atoms in total. The lowest BCUT2D eigenvalue weighted by atomic mass is 10.0. The van der Waals surface area contributed by atoms with Gasteiger partial charge in [-0.25, -0.2) is 0 Å². The molecule has 0 aliphatic heterocycles. The molecule has 1 heterocycles. The van der Waals surface area contributed by atoms with Crippen molar-refractivity contribution in [2.75, 3.05) is 4.90 Å². The number of amides is 1. The van der Waals surface area contributed by atoms with Crippen molar-refractivity contribution in [2.45, 2.75) is 33.2 Å². The van der Waals surface area contributed by atoms with Gasteiger partial charge < -0.3 is 4.52 Å². The third-order valence-electron chi connectivity index (χ3n) is 3.02. The fraction of sp³-hybridized carbons (Fsp3) is 0.357. The van der Waals surface area contributed by atoms with Crippen LogP contribution in [0.15, 0.2) is 28.8 Å². The SMILES string of the molecule is CC(=O)N(c1ccccc1Cl)C(C)(C)c1nc(C)no1. The molecular formula is C14H16ClN3O2. The molecule has 2 rings (SSSR count). The number of hydrogen-bond acceptors (Lipinski definition) is 4. The molecule has 0 saturated heterocycles. The third kappa shape index (κ3) is 2.54. The number of carbonyl (C=O) groups excluding carboxylic acids is 1. The average molecular weight is 294 g/mol. The van der Waals surface area contributed by atoms with Gasteiger partial charge in [-0.3, -0.25) is 9.69 Å². The quantitative estimate of drug-likeness (QED) is 0.871. The van der Waals surface area contributed by atoms with E-state index >= 15 is 0 Å². The van der Waals surface area contributed by atoms with E-state index < -0.39 is 5.54 Å².